The van der Waals surface area contributed by atoms with Crippen LogP contribution in [0.5, 0.6) is 0 Å². The van der Waals surface area contributed by atoms with Crippen molar-refractivity contribution in [2.24, 2.45) is 0 Å². The highest BCUT2D eigenvalue weighted by atomic mass is 16.6. The lowest BCUT2D eigenvalue weighted by molar-refractivity contribution is -0.384. The Morgan fingerprint density at radius 2 is 2.00 bits per heavy atom. The first-order valence-electron chi connectivity index (χ1n) is 6.19. The maximum atomic E-state index is 10.8. The van der Waals surface area contributed by atoms with Gasteiger partial charge in [-0.3, -0.25) is 10.1 Å². The summed E-state index contributed by atoms with van der Waals surface area (Å²) in [4.78, 5) is 12.0. The molecule has 0 saturated carbocycles. The predicted octanol–water partition coefficient (Wildman–Crippen LogP) is 2.73. The van der Waals surface area contributed by atoms with E-state index in [-0.39, 0.29) is 12.3 Å². The summed E-state index contributed by atoms with van der Waals surface area (Å²) < 4.78 is 0. The fourth-order valence-corrected chi connectivity index (χ4v) is 2.13. The van der Waals surface area contributed by atoms with Crippen molar-refractivity contribution in [3.63, 3.8) is 0 Å². The van der Waals surface area contributed by atoms with Gasteiger partial charge in [0.2, 0.25) is 0 Å². The Bertz CT molecular complexity index is 722. The van der Waals surface area contributed by atoms with E-state index in [9.17, 15) is 15.2 Å². The summed E-state index contributed by atoms with van der Waals surface area (Å²) in [5.74, 6) is 0. The minimum Gasteiger partial charge on any atom is -0.392 e. The standard InChI is InChI=1S/C15H13N3O3/c1-17(14-5-3-2-4-11(14)9-16)15-7-6-13(18(20)21)8-12(15)10-19/h2-8,19H,10H2,1H3. The summed E-state index contributed by atoms with van der Waals surface area (Å²) >= 11 is 0. The molecule has 0 fully saturated rings. The molecule has 6 nitrogen and oxygen atoms in total. The van der Waals surface area contributed by atoms with E-state index in [4.69, 9.17) is 5.26 Å². The van der Waals surface area contributed by atoms with E-state index in [2.05, 4.69) is 6.07 Å². The van der Waals surface area contributed by atoms with E-state index < -0.39 is 4.92 Å². The third-order valence-electron chi connectivity index (χ3n) is 3.19. The molecule has 0 unspecified atom stereocenters. The average molecular weight is 283 g/mol. The lowest BCUT2D eigenvalue weighted by Gasteiger charge is -2.22. The molecule has 0 bridgehead atoms. The van der Waals surface area contributed by atoms with Crippen molar-refractivity contribution in [2.75, 3.05) is 11.9 Å². The molecule has 0 aromatic heterocycles. The Hall–Kier alpha value is -2.91. The van der Waals surface area contributed by atoms with Crippen LogP contribution < -0.4 is 4.90 Å². The molecule has 0 aliphatic carbocycles. The van der Waals surface area contributed by atoms with Gasteiger partial charge >= 0.3 is 0 Å². The lowest BCUT2D eigenvalue weighted by Crippen LogP contribution is -2.13. The zero-order chi connectivity index (χ0) is 15.4. The second kappa shape index (κ2) is 6.03. The number of nitrogens with zero attached hydrogens (tertiary/aromatic N) is 3. The molecule has 0 saturated heterocycles. The molecule has 2 aromatic carbocycles. The van der Waals surface area contributed by atoms with Crippen LogP contribution in [0.2, 0.25) is 0 Å². The molecule has 0 radical (unpaired) electrons. The number of hydrogen-bond donors (Lipinski definition) is 1. The van der Waals surface area contributed by atoms with Gasteiger partial charge < -0.3 is 10.0 Å². The molecule has 0 spiro atoms. The highest BCUT2D eigenvalue weighted by Crippen LogP contribution is 2.31. The molecule has 106 valence electrons. The highest BCUT2D eigenvalue weighted by molar-refractivity contribution is 5.71. The Labute approximate surface area is 121 Å². The van der Waals surface area contributed by atoms with Gasteiger partial charge in [-0.25, -0.2) is 0 Å². The number of nitriles is 1. The third kappa shape index (κ3) is 2.83. The van der Waals surface area contributed by atoms with Crippen LogP contribution in [-0.4, -0.2) is 17.1 Å². The molecule has 0 heterocycles. The molecule has 0 aliphatic rings. The third-order valence-corrected chi connectivity index (χ3v) is 3.19. The van der Waals surface area contributed by atoms with Gasteiger partial charge in [-0.15, -0.1) is 0 Å². The van der Waals surface area contributed by atoms with Crippen molar-refractivity contribution in [1.29, 1.82) is 5.26 Å². The van der Waals surface area contributed by atoms with Crippen molar-refractivity contribution >= 4 is 17.1 Å². The zero-order valence-electron chi connectivity index (χ0n) is 11.4. The van der Waals surface area contributed by atoms with Crippen LogP contribution in [0.4, 0.5) is 17.1 Å². The lowest BCUT2D eigenvalue weighted by atomic mass is 10.1. The molecule has 0 aliphatic heterocycles. The number of hydrogen-bond acceptors (Lipinski definition) is 5. The Morgan fingerprint density at radius 1 is 1.29 bits per heavy atom. The Balaban J connectivity index is 2.51. The number of aliphatic hydroxyl groups excluding tert-OH is 1. The number of non-ortho nitro benzene ring substituents is 1. The topological polar surface area (TPSA) is 90.4 Å². The van der Waals surface area contributed by atoms with E-state index in [0.29, 0.717) is 22.5 Å². The van der Waals surface area contributed by atoms with Crippen molar-refractivity contribution in [1.82, 2.24) is 0 Å². The van der Waals surface area contributed by atoms with Gasteiger partial charge in [0.1, 0.15) is 6.07 Å². The van der Waals surface area contributed by atoms with Crippen LogP contribution in [0.3, 0.4) is 0 Å². The number of nitro benzene ring substituents is 1. The van der Waals surface area contributed by atoms with Crippen molar-refractivity contribution in [3.05, 3.63) is 63.7 Å². The number of rotatable bonds is 4. The number of anilines is 2. The number of aliphatic hydroxyl groups is 1. The normalized spacial score (nSPS) is 9.95. The summed E-state index contributed by atoms with van der Waals surface area (Å²) in [6.07, 6.45) is 0. The first-order valence-corrected chi connectivity index (χ1v) is 6.19. The van der Waals surface area contributed by atoms with E-state index in [1.54, 1.807) is 42.3 Å². The van der Waals surface area contributed by atoms with E-state index in [1.165, 1.54) is 12.1 Å². The maximum Gasteiger partial charge on any atom is 0.269 e. The van der Waals surface area contributed by atoms with Gasteiger partial charge in [0.25, 0.3) is 5.69 Å². The quantitative estimate of drug-likeness (QED) is 0.688. The van der Waals surface area contributed by atoms with Gasteiger partial charge in [-0.1, -0.05) is 12.1 Å². The molecule has 6 heteroatoms. The summed E-state index contributed by atoms with van der Waals surface area (Å²) in [5.41, 5.74) is 2.13. The van der Waals surface area contributed by atoms with Gasteiger partial charge in [0, 0.05) is 30.4 Å². The SMILES string of the molecule is CN(c1ccccc1C#N)c1ccc([N+](=O)[O-])cc1CO. The van der Waals surface area contributed by atoms with Gasteiger partial charge in [0.15, 0.2) is 0 Å². The van der Waals surface area contributed by atoms with Crippen LogP contribution >= 0.6 is 0 Å². The molecule has 2 rings (SSSR count). The van der Waals surface area contributed by atoms with Crippen molar-refractivity contribution in [2.45, 2.75) is 6.61 Å². The second-order valence-corrected chi connectivity index (χ2v) is 4.42. The maximum absolute atomic E-state index is 10.8. The molecule has 0 atom stereocenters. The average Bonchev–Trinajstić information content (AvgIpc) is 2.53. The van der Waals surface area contributed by atoms with Gasteiger partial charge in [-0.05, 0) is 18.2 Å². The van der Waals surface area contributed by atoms with Crippen LogP contribution in [0.25, 0.3) is 0 Å². The van der Waals surface area contributed by atoms with Crippen LogP contribution in [-0.2, 0) is 6.61 Å². The summed E-state index contributed by atoms with van der Waals surface area (Å²) in [6, 6.07) is 13.4. The molecular weight excluding hydrogens is 270 g/mol. The Morgan fingerprint density at radius 3 is 2.62 bits per heavy atom. The highest BCUT2D eigenvalue weighted by Gasteiger charge is 2.15. The molecule has 21 heavy (non-hydrogen) atoms. The Kier molecular flexibility index (Phi) is 4.16. The minimum absolute atomic E-state index is 0.0789. The fourth-order valence-electron chi connectivity index (χ4n) is 2.13. The van der Waals surface area contributed by atoms with Crippen molar-refractivity contribution in [3.8, 4) is 6.07 Å². The van der Waals surface area contributed by atoms with Crippen LogP contribution in [0, 0.1) is 21.4 Å². The first-order chi connectivity index (χ1) is 10.1. The fraction of sp³-hybridized carbons (Fsp3) is 0.133. The molecule has 0 amide bonds. The van der Waals surface area contributed by atoms with Gasteiger partial charge in [0.05, 0.1) is 22.8 Å². The zero-order valence-corrected chi connectivity index (χ0v) is 11.4. The number of benzene rings is 2. The summed E-state index contributed by atoms with van der Waals surface area (Å²) in [7, 11) is 1.75. The molecular formula is C15H13N3O3. The number of nitro groups is 1. The summed E-state index contributed by atoms with van der Waals surface area (Å²) in [6.45, 7) is -0.323. The smallest absolute Gasteiger partial charge is 0.269 e. The first kappa shape index (κ1) is 14.5. The largest absolute Gasteiger partial charge is 0.392 e. The predicted molar refractivity (Wildman–Crippen MR) is 78.2 cm³/mol. The monoisotopic (exact) mass is 283 g/mol. The van der Waals surface area contributed by atoms with Crippen LogP contribution in [0.15, 0.2) is 42.5 Å². The van der Waals surface area contributed by atoms with Gasteiger partial charge in [-0.2, -0.15) is 5.26 Å². The van der Waals surface area contributed by atoms with E-state index in [1.807, 2.05) is 0 Å². The molecule has 1 N–H and O–H groups in total. The van der Waals surface area contributed by atoms with E-state index in [0.717, 1.165) is 0 Å². The second-order valence-electron chi connectivity index (χ2n) is 4.42. The molecule has 2 aromatic rings. The number of para-hydroxylation sites is 1. The van der Waals surface area contributed by atoms with E-state index >= 15 is 0 Å². The summed E-state index contributed by atoms with van der Waals surface area (Å²) in [5, 5.41) is 29.4. The minimum atomic E-state index is -0.508. The van der Waals surface area contributed by atoms with Crippen molar-refractivity contribution < 1.29 is 10.0 Å². The van der Waals surface area contributed by atoms with Crippen LogP contribution in [0.1, 0.15) is 11.1 Å².